The Morgan fingerprint density at radius 1 is 0.696 bits per heavy atom. The second-order valence-corrected chi connectivity index (χ2v) is 6.49. The Morgan fingerprint density at radius 2 is 1.26 bits per heavy atom. The van der Waals surface area contributed by atoms with Crippen LogP contribution in [0.1, 0.15) is 30.4 Å². The molecule has 0 amide bonds. The van der Waals surface area contributed by atoms with Gasteiger partial charge in [0.25, 0.3) is 0 Å². The summed E-state index contributed by atoms with van der Waals surface area (Å²) in [6.45, 7) is 4.81. The van der Waals surface area contributed by atoms with E-state index in [1.54, 1.807) is 0 Å². The Morgan fingerprint density at radius 3 is 1.87 bits per heavy atom. The standard InChI is InChI=1S/C20H24N2.ClH/c1-6-12-21(13-7-1)14-15-22-19-10-4-2-8-17(19)16-18-9-3-5-11-20(18)22;/h2-5,8-11H,1,6-7,12-16H2;1H. The number of halogens is 1. The summed E-state index contributed by atoms with van der Waals surface area (Å²) in [5, 5.41) is 0. The van der Waals surface area contributed by atoms with Gasteiger partial charge in [-0.1, -0.05) is 42.8 Å². The van der Waals surface area contributed by atoms with Crippen LogP contribution in [-0.4, -0.2) is 31.1 Å². The van der Waals surface area contributed by atoms with E-state index < -0.39 is 0 Å². The molecule has 0 spiro atoms. The van der Waals surface area contributed by atoms with Crippen LogP contribution < -0.4 is 4.90 Å². The van der Waals surface area contributed by atoms with Gasteiger partial charge in [0.15, 0.2) is 0 Å². The van der Waals surface area contributed by atoms with Gasteiger partial charge in [-0.25, -0.2) is 0 Å². The van der Waals surface area contributed by atoms with Crippen LogP contribution in [0, 0.1) is 0 Å². The molecule has 2 heterocycles. The van der Waals surface area contributed by atoms with Gasteiger partial charge < -0.3 is 9.80 Å². The van der Waals surface area contributed by atoms with Crippen molar-refractivity contribution in [1.29, 1.82) is 0 Å². The highest BCUT2D eigenvalue weighted by molar-refractivity contribution is 5.85. The first-order valence-electron chi connectivity index (χ1n) is 8.57. The topological polar surface area (TPSA) is 6.48 Å². The Kier molecular flexibility index (Phi) is 5.24. The van der Waals surface area contributed by atoms with Gasteiger partial charge in [-0.3, -0.25) is 0 Å². The minimum Gasteiger partial charge on any atom is -0.340 e. The molecule has 23 heavy (non-hydrogen) atoms. The van der Waals surface area contributed by atoms with Crippen LogP contribution in [0.5, 0.6) is 0 Å². The van der Waals surface area contributed by atoms with E-state index in [1.807, 2.05) is 0 Å². The fraction of sp³-hybridized carbons (Fsp3) is 0.400. The number of hydrogen-bond donors (Lipinski definition) is 0. The van der Waals surface area contributed by atoms with E-state index in [2.05, 4.69) is 58.3 Å². The molecule has 2 aliphatic rings. The lowest BCUT2D eigenvalue weighted by Gasteiger charge is -2.35. The predicted molar refractivity (Wildman–Crippen MR) is 100 cm³/mol. The number of nitrogens with zero attached hydrogens (tertiary/aromatic N) is 2. The predicted octanol–water partition coefficient (Wildman–Crippen LogP) is 4.64. The van der Waals surface area contributed by atoms with E-state index in [9.17, 15) is 0 Å². The molecular formula is C20H25ClN2. The maximum Gasteiger partial charge on any atom is 0.0447 e. The quantitative estimate of drug-likeness (QED) is 0.810. The molecular weight excluding hydrogens is 304 g/mol. The normalized spacial score (nSPS) is 17.1. The van der Waals surface area contributed by atoms with Crippen molar-refractivity contribution >= 4 is 23.8 Å². The third-order valence-corrected chi connectivity index (χ3v) is 5.03. The average molecular weight is 329 g/mol. The number of benzene rings is 2. The molecule has 3 heteroatoms. The number of likely N-dealkylation sites (tertiary alicyclic amines) is 1. The zero-order chi connectivity index (χ0) is 14.8. The van der Waals surface area contributed by atoms with Gasteiger partial charge in [-0.2, -0.15) is 0 Å². The highest BCUT2D eigenvalue weighted by Crippen LogP contribution is 2.38. The van der Waals surface area contributed by atoms with E-state index in [4.69, 9.17) is 0 Å². The van der Waals surface area contributed by atoms with Gasteiger partial charge >= 0.3 is 0 Å². The molecule has 0 N–H and O–H groups in total. The van der Waals surface area contributed by atoms with Crippen molar-refractivity contribution in [3.63, 3.8) is 0 Å². The Labute approximate surface area is 145 Å². The monoisotopic (exact) mass is 328 g/mol. The maximum absolute atomic E-state index is 2.63. The van der Waals surface area contributed by atoms with Crippen LogP contribution in [0.15, 0.2) is 48.5 Å². The number of rotatable bonds is 3. The smallest absolute Gasteiger partial charge is 0.0447 e. The van der Waals surface area contributed by atoms with Crippen molar-refractivity contribution in [2.75, 3.05) is 31.1 Å². The van der Waals surface area contributed by atoms with Gasteiger partial charge in [-0.05, 0) is 49.2 Å². The number of piperidine rings is 1. The van der Waals surface area contributed by atoms with Crippen LogP contribution in [0.2, 0.25) is 0 Å². The molecule has 0 unspecified atom stereocenters. The van der Waals surface area contributed by atoms with E-state index in [-0.39, 0.29) is 12.4 Å². The van der Waals surface area contributed by atoms with E-state index in [1.165, 1.54) is 61.4 Å². The maximum atomic E-state index is 2.63. The molecule has 2 aromatic rings. The lowest BCUT2D eigenvalue weighted by atomic mass is 9.95. The Balaban J connectivity index is 0.00000156. The van der Waals surface area contributed by atoms with E-state index in [0.29, 0.717) is 0 Å². The molecule has 1 fully saturated rings. The van der Waals surface area contributed by atoms with Crippen molar-refractivity contribution in [1.82, 2.24) is 4.90 Å². The number of fused-ring (bicyclic) bond motifs is 2. The first kappa shape index (κ1) is 16.4. The summed E-state index contributed by atoms with van der Waals surface area (Å²) in [5.74, 6) is 0. The molecule has 0 bridgehead atoms. The third kappa shape index (κ3) is 3.39. The van der Waals surface area contributed by atoms with Crippen molar-refractivity contribution in [3.8, 4) is 0 Å². The summed E-state index contributed by atoms with van der Waals surface area (Å²) in [6, 6.07) is 17.8. The van der Waals surface area contributed by atoms with Crippen molar-refractivity contribution < 1.29 is 0 Å². The van der Waals surface area contributed by atoms with Gasteiger partial charge in [0.1, 0.15) is 0 Å². The fourth-order valence-electron chi connectivity index (χ4n) is 3.85. The van der Waals surface area contributed by atoms with Crippen molar-refractivity contribution in [2.24, 2.45) is 0 Å². The largest absolute Gasteiger partial charge is 0.340 e. The zero-order valence-corrected chi connectivity index (χ0v) is 14.4. The third-order valence-electron chi connectivity index (χ3n) is 5.03. The van der Waals surface area contributed by atoms with Crippen LogP contribution in [0.4, 0.5) is 11.4 Å². The summed E-state index contributed by atoms with van der Waals surface area (Å²) < 4.78 is 0. The van der Waals surface area contributed by atoms with Crippen molar-refractivity contribution in [2.45, 2.75) is 25.7 Å². The van der Waals surface area contributed by atoms with Crippen LogP contribution in [-0.2, 0) is 6.42 Å². The van der Waals surface area contributed by atoms with Gasteiger partial charge in [0.2, 0.25) is 0 Å². The number of hydrogen-bond acceptors (Lipinski definition) is 2. The first-order valence-corrected chi connectivity index (χ1v) is 8.57. The second kappa shape index (κ2) is 7.37. The zero-order valence-electron chi connectivity index (χ0n) is 13.6. The Bertz CT molecular complexity index is 604. The SMILES string of the molecule is Cl.c1ccc2c(c1)Cc1ccccc1N2CCN1CCCCC1. The molecule has 0 atom stereocenters. The van der Waals surface area contributed by atoms with Crippen LogP contribution in [0.25, 0.3) is 0 Å². The first-order chi connectivity index (χ1) is 10.9. The lowest BCUT2D eigenvalue weighted by molar-refractivity contribution is 0.234. The van der Waals surface area contributed by atoms with Gasteiger partial charge in [0, 0.05) is 30.9 Å². The molecule has 2 aromatic carbocycles. The Hall–Kier alpha value is -1.51. The molecule has 1 saturated heterocycles. The highest BCUT2D eigenvalue weighted by atomic mass is 35.5. The summed E-state index contributed by atoms with van der Waals surface area (Å²) >= 11 is 0. The average Bonchev–Trinajstić information content (AvgIpc) is 2.59. The van der Waals surface area contributed by atoms with E-state index in [0.717, 1.165) is 13.0 Å². The number of para-hydroxylation sites is 2. The lowest BCUT2D eigenvalue weighted by Crippen LogP contribution is -2.37. The summed E-state index contributed by atoms with van der Waals surface area (Å²) in [4.78, 5) is 5.16. The molecule has 4 rings (SSSR count). The minimum atomic E-state index is 0. The second-order valence-electron chi connectivity index (χ2n) is 6.49. The highest BCUT2D eigenvalue weighted by Gasteiger charge is 2.22. The van der Waals surface area contributed by atoms with E-state index >= 15 is 0 Å². The molecule has 2 aliphatic heterocycles. The van der Waals surface area contributed by atoms with Gasteiger partial charge in [0.05, 0.1) is 0 Å². The van der Waals surface area contributed by atoms with Crippen LogP contribution >= 0.6 is 12.4 Å². The molecule has 122 valence electrons. The number of anilines is 2. The summed E-state index contributed by atoms with van der Waals surface area (Å²) in [6.07, 6.45) is 5.21. The fourth-order valence-corrected chi connectivity index (χ4v) is 3.85. The molecule has 2 nitrogen and oxygen atoms in total. The molecule has 0 saturated carbocycles. The van der Waals surface area contributed by atoms with Gasteiger partial charge in [-0.15, -0.1) is 12.4 Å². The summed E-state index contributed by atoms with van der Waals surface area (Å²) in [5.41, 5.74) is 5.72. The molecule has 0 radical (unpaired) electrons. The minimum absolute atomic E-state index is 0. The summed E-state index contributed by atoms with van der Waals surface area (Å²) in [7, 11) is 0. The van der Waals surface area contributed by atoms with Crippen LogP contribution in [0.3, 0.4) is 0 Å². The molecule has 0 aromatic heterocycles. The van der Waals surface area contributed by atoms with Crippen molar-refractivity contribution in [3.05, 3.63) is 59.7 Å². The molecule has 0 aliphatic carbocycles.